The van der Waals surface area contributed by atoms with E-state index < -0.39 is 22.5 Å². The van der Waals surface area contributed by atoms with Crippen molar-refractivity contribution < 1.29 is 91.1 Å². The Balaban J connectivity index is 0.000000335. The summed E-state index contributed by atoms with van der Waals surface area (Å²) in [5.74, 6) is 0.817. The van der Waals surface area contributed by atoms with Crippen molar-refractivity contribution in [1.29, 1.82) is 0 Å². The van der Waals surface area contributed by atoms with Crippen LogP contribution in [0, 0.1) is 64.3 Å². The van der Waals surface area contributed by atoms with E-state index in [1.807, 2.05) is 149 Å². The van der Waals surface area contributed by atoms with Gasteiger partial charge in [0, 0.05) is 146 Å². The van der Waals surface area contributed by atoms with Gasteiger partial charge in [0.1, 0.15) is 0 Å². The first-order chi connectivity index (χ1) is 56.1. The third-order valence-electron chi connectivity index (χ3n) is 20.4. The molecule has 5 aromatic carbocycles. The number of nitrogens with one attached hydrogen (secondary N) is 2. The summed E-state index contributed by atoms with van der Waals surface area (Å²) in [7, 11) is 0. The van der Waals surface area contributed by atoms with Crippen LogP contribution in [-0.4, -0.2) is 61.8 Å². The monoisotopic (exact) mass is 2350 g/mol. The normalized spacial score (nSPS) is 12.3. The zero-order valence-electron chi connectivity index (χ0n) is 73.7. The average molecular weight is 2350 g/mol. The first-order valence-electron chi connectivity index (χ1n) is 40.6. The molecule has 12 aromatic rings. The number of benzene rings is 5. The standard InChI is InChI=1S/C32H40N5.C31H36N3.C16H16F2N.C16H18N.C6H4N5.2Ir.2Pt/c1-22(31(5,6)7)25-16-15-23(20-35-25)29-26(19-30(2,3)4)36-21-28(37-29)32(8,9)27(33)17-18-34-24-13-11-10-12-14-24;1-7-22(3)24-12-9-14-26(20-24)28-16-11-17-30(34-28)31(5,6)29(32)18-19-33-27-15-10-13-25(21-27)23(4)8-2;1-3-5-11(2)15-6-4-7-16(19-15)13-9-8-12(17)10-14(13)18;1-16(2,3)12-13-9-10-17-15(11-13)14-7-5-4-6-8-14;1-2-4-7-5(3-1)6-8-10-11-9-6;;;;/h10-13,16-18,20-22,34H,19H2,1-9H3;9-13,16-23,33H,7-8H2,1-6H3;4,6-8,10-11H,3,5H2,1-2H3;4-7,9-11H,12H2,1-3H3;1-4H;;;;/q2*-3;3*-1;;;;/b18-17-;;;;;;;;. The summed E-state index contributed by atoms with van der Waals surface area (Å²) >= 11 is 0. The summed E-state index contributed by atoms with van der Waals surface area (Å²) in [6.07, 6.45) is 20.1. The van der Waals surface area contributed by atoms with Crippen molar-refractivity contribution in [3.8, 4) is 56.5 Å². The summed E-state index contributed by atoms with van der Waals surface area (Å²) in [5, 5.41) is 42.3. The van der Waals surface area contributed by atoms with Crippen LogP contribution in [0.25, 0.3) is 67.4 Å². The van der Waals surface area contributed by atoms with Crippen LogP contribution in [0.3, 0.4) is 0 Å². The van der Waals surface area contributed by atoms with Gasteiger partial charge in [-0.1, -0.05) is 241 Å². The Hall–Kier alpha value is -9.04. The second kappa shape index (κ2) is 50.0. The van der Waals surface area contributed by atoms with Gasteiger partial charge < -0.3 is 46.5 Å². The van der Waals surface area contributed by atoms with Crippen molar-refractivity contribution in [2.45, 2.75) is 212 Å². The molecule has 0 saturated heterocycles. The quantitative estimate of drug-likeness (QED) is 0.0403. The molecule has 15 nitrogen and oxygen atoms in total. The van der Waals surface area contributed by atoms with Gasteiger partial charge in [-0.25, -0.2) is 0 Å². The van der Waals surface area contributed by atoms with E-state index in [1.165, 1.54) is 16.7 Å². The van der Waals surface area contributed by atoms with Gasteiger partial charge in [0.25, 0.3) is 0 Å². The molecule has 2 radical (unpaired) electrons. The molecule has 122 heavy (non-hydrogen) atoms. The van der Waals surface area contributed by atoms with E-state index in [4.69, 9.17) is 19.9 Å². The molecule has 0 aliphatic heterocycles. The maximum absolute atomic E-state index is 13.7. The van der Waals surface area contributed by atoms with Crippen molar-refractivity contribution in [2.24, 2.45) is 16.2 Å². The third-order valence-corrected chi connectivity index (χ3v) is 20.4. The van der Waals surface area contributed by atoms with Gasteiger partial charge in [0.15, 0.2) is 0 Å². The fourth-order valence-electron chi connectivity index (χ4n) is 12.3. The van der Waals surface area contributed by atoms with Crippen LogP contribution in [0.1, 0.15) is 233 Å². The van der Waals surface area contributed by atoms with Crippen LogP contribution in [0.2, 0.25) is 0 Å². The second-order valence-electron chi connectivity index (χ2n) is 34.3. The molecule has 7 heterocycles. The van der Waals surface area contributed by atoms with E-state index in [2.05, 4.69) is 230 Å². The van der Waals surface area contributed by atoms with Crippen LogP contribution in [0.15, 0.2) is 219 Å². The van der Waals surface area contributed by atoms with Crippen LogP contribution in [0.5, 0.6) is 0 Å². The zero-order valence-corrected chi connectivity index (χ0v) is 83.0. The predicted octanol–water partition coefficient (Wildman–Crippen LogP) is 24.8. The average Bonchev–Trinajstić information content (AvgIpc) is 0.858. The van der Waals surface area contributed by atoms with E-state index in [0.717, 1.165) is 119 Å². The number of nitrogens with zero attached hydrogens (tertiary/aromatic N) is 13. The summed E-state index contributed by atoms with van der Waals surface area (Å²) in [6.45, 7) is 43.1. The Kier molecular flexibility index (Phi) is 43.2. The maximum atomic E-state index is 13.7. The van der Waals surface area contributed by atoms with Gasteiger partial charge in [0.05, 0.1) is 17.2 Å². The van der Waals surface area contributed by atoms with Gasteiger partial charge in [0.2, 0.25) is 0 Å². The minimum atomic E-state index is -0.755. The first-order valence-corrected chi connectivity index (χ1v) is 40.6. The van der Waals surface area contributed by atoms with E-state index >= 15 is 0 Å². The van der Waals surface area contributed by atoms with Crippen molar-refractivity contribution in [1.82, 2.24) is 55.5 Å². The van der Waals surface area contributed by atoms with Crippen molar-refractivity contribution in [2.75, 3.05) is 10.6 Å². The minimum Gasteiger partial charge on any atom is -0.807 e. The fourth-order valence-corrected chi connectivity index (χ4v) is 12.3. The molecule has 654 valence electrons. The third kappa shape index (κ3) is 32.6. The molecular weight excluding hydrogens is 2240 g/mol. The molecular formula is C101H114F2Ir2N15Pt2-9. The van der Waals surface area contributed by atoms with Crippen molar-refractivity contribution >= 4 is 22.8 Å². The number of hydrogen-bond acceptors (Lipinski definition) is 12. The maximum Gasteiger partial charge on any atom is 0.0772 e. The Morgan fingerprint density at radius 1 is 0.500 bits per heavy atom. The molecule has 4 unspecified atom stereocenters. The molecule has 12 rings (SSSR count). The SMILES string of the molecule is CC(C)(C)Cc1ccnc(-c2[c-]cccc2)c1.CC(c1c[c-]c(-c2nc(C(C)(C)C(=[N-])/C=C\Nc3[c-]cccc3)cnc2CC(C)(C)C)cn1)C(C)(C)C.CCC(C)c1cc[c-]c(NC=CC(=[N-])C(C)(C)c2cccc(-c3[c-]ccc(C(C)CC)c3)n2)c1.CCCC(C)c1cccc(-c2[c-]cc(F)cc2F)n1.[Ir].[Ir].[Pt].[Pt].c1ccc(-c2nnn[n-]2)nc1. The molecule has 7 aromatic heterocycles. The number of tetrazole rings is 1. The summed E-state index contributed by atoms with van der Waals surface area (Å²) in [5.41, 5.74) is 16.3. The molecule has 0 spiro atoms. The summed E-state index contributed by atoms with van der Waals surface area (Å²) in [4.78, 5) is 32.4. The zero-order chi connectivity index (χ0) is 85.8. The Morgan fingerprint density at radius 3 is 1.68 bits per heavy atom. The van der Waals surface area contributed by atoms with E-state index in [-0.39, 0.29) is 110 Å². The fraction of sp³-hybridized carbons (Fsp3) is 0.347. The number of aromatic nitrogens is 11. The molecule has 2 N–H and O–H groups in total. The van der Waals surface area contributed by atoms with E-state index in [0.29, 0.717) is 52.0 Å². The molecule has 0 fully saturated rings. The minimum absolute atomic E-state index is 0. The molecule has 4 atom stereocenters. The first kappa shape index (κ1) is 105. The molecule has 0 saturated carbocycles. The molecule has 0 bridgehead atoms. The van der Waals surface area contributed by atoms with Crippen molar-refractivity contribution in [3.63, 3.8) is 0 Å². The van der Waals surface area contributed by atoms with E-state index in [9.17, 15) is 19.6 Å². The number of pyridine rings is 5. The number of rotatable bonds is 25. The largest absolute Gasteiger partial charge is 0.807 e. The summed E-state index contributed by atoms with van der Waals surface area (Å²) in [6, 6.07) is 72.0. The Morgan fingerprint density at radius 2 is 1.10 bits per heavy atom. The number of hydrogen-bond donors (Lipinski definition) is 2. The number of halogens is 2. The second-order valence-corrected chi connectivity index (χ2v) is 34.3. The Bertz CT molecular complexity index is 5210. The molecule has 21 heteroatoms. The summed E-state index contributed by atoms with van der Waals surface area (Å²) < 4.78 is 26.6. The number of para-hydroxylation sites is 1. The smallest absolute Gasteiger partial charge is 0.0772 e. The van der Waals surface area contributed by atoms with Gasteiger partial charge in [-0.2, -0.15) is 64.7 Å². The topological polar surface area (TPSA) is 212 Å². The van der Waals surface area contributed by atoms with Gasteiger partial charge in [-0.05, 0) is 125 Å². The molecule has 0 aliphatic carbocycles. The van der Waals surface area contributed by atoms with E-state index in [1.54, 1.807) is 49.1 Å². The van der Waals surface area contributed by atoms with Gasteiger partial charge in [-0.3, -0.25) is 34.0 Å². The number of anilines is 2. The van der Waals surface area contributed by atoms with Crippen LogP contribution in [0.4, 0.5) is 20.2 Å². The van der Waals surface area contributed by atoms with Crippen LogP contribution in [-0.2, 0) is 106 Å². The molecule has 0 aliphatic rings. The molecule has 0 amide bonds. The van der Waals surface area contributed by atoms with Gasteiger partial charge >= 0.3 is 0 Å². The van der Waals surface area contributed by atoms with Crippen LogP contribution < -0.4 is 15.7 Å². The Labute approximate surface area is 781 Å². The van der Waals surface area contributed by atoms with Gasteiger partial charge in [-0.15, -0.1) is 113 Å². The predicted molar refractivity (Wildman–Crippen MR) is 480 cm³/mol. The van der Waals surface area contributed by atoms with Crippen molar-refractivity contribution in [3.05, 3.63) is 323 Å². The van der Waals surface area contributed by atoms with Crippen LogP contribution >= 0.6 is 0 Å². The number of allylic oxidation sites excluding steroid dienone is 2.